The van der Waals surface area contributed by atoms with Crippen molar-refractivity contribution in [2.24, 2.45) is 0 Å². The Labute approximate surface area is 153 Å². The van der Waals surface area contributed by atoms with E-state index < -0.39 is 16.0 Å². The predicted molar refractivity (Wildman–Crippen MR) is 97.0 cm³/mol. The molecule has 0 atom stereocenters. The summed E-state index contributed by atoms with van der Waals surface area (Å²) in [5.41, 5.74) is 3.02. The third-order valence-corrected chi connectivity index (χ3v) is 5.62. The van der Waals surface area contributed by atoms with Crippen LogP contribution in [0, 0.1) is 13.8 Å². The van der Waals surface area contributed by atoms with Crippen LogP contribution in [0.2, 0.25) is 5.02 Å². The zero-order valence-corrected chi connectivity index (χ0v) is 15.9. The summed E-state index contributed by atoms with van der Waals surface area (Å²) in [6, 6.07) is 11.6. The van der Waals surface area contributed by atoms with Crippen LogP contribution in [0.5, 0.6) is 0 Å². The number of rotatable bonds is 6. The Morgan fingerprint density at radius 2 is 1.64 bits per heavy atom. The fourth-order valence-electron chi connectivity index (χ4n) is 2.42. The Kier molecular flexibility index (Phi) is 6.21. The van der Waals surface area contributed by atoms with E-state index in [0.29, 0.717) is 5.02 Å². The first-order chi connectivity index (χ1) is 11.7. The second kappa shape index (κ2) is 7.99. The minimum Gasteiger partial charge on any atom is -0.460 e. The summed E-state index contributed by atoms with van der Waals surface area (Å²) in [4.78, 5) is 12.1. The number of carbonyl (C=O) groups is 1. The molecular weight excluding hydrogens is 362 g/mol. The lowest BCUT2D eigenvalue weighted by Crippen LogP contribution is -2.33. The largest absolute Gasteiger partial charge is 0.460 e. The number of esters is 1. The molecule has 0 radical (unpaired) electrons. The van der Waals surface area contributed by atoms with E-state index in [-0.39, 0.29) is 18.0 Å². The molecule has 0 amide bonds. The molecule has 0 fully saturated rings. The molecule has 0 unspecified atom stereocenters. The average Bonchev–Trinajstić information content (AvgIpc) is 2.52. The highest BCUT2D eigenvalue weighted by atomic mass is 35.5. The van der Waals surface area contributed by atoms with Gasteiger partial charge in [0.05, 0.1) is 4.90 Å². The van der Waals surface area contributed by atoms with E-state index in [1.165, 1.54) is 31.3 Å². The third-order valence-electron chi connectivity index (χ3n) is 3.55. The maximum Gasteiger partial charge on any atom is 0.321 e. The lowest BCUT2D eigenvalue weighted by Gasteiger charge is -2.16. The smallest absolute Gasteiger partial charge is 0.321 e. The molecule has 0 saturated heterocycles. The molecule has 0 aliphatic carbocycles. The average molecular weight is 382 g/mol. The van der Waals surface area contributed by atoms with Gasteiger partial charge >= 0.3 is 5.97 Å². The summed E-state index contributed by atoms with van der Waals surface area (Å²) in [5, 5.41) is 0.439. The molecule has 0 bridgehead atoms. The zero-order valence-electron chi connectivity index (χ0n) is 14.3. The van der Waals surface area contributed by atoms with E-state index in [0.717, 1.165) is 21.0 Å². The monoisotopic (exact) mass is 381 g/mol. The van der Waals surface area contributed by atoms with Crippen LogP contribution in [0.4, 0.5) is 0 Å². The van der Waals surface area contributed by atoms with Crippen LogP contribution in [0.3, 0.4) is 0 Å². The van der Waals surface area contributed by atoms with Gasteiger partial charge in [0.1, 0.15) is 13.2 Å². The second-order valence-electron chi connectivity index (χ2n) is 5.87. The van der Waals surface area contributed by atoms with Crippen LogP contribution in [-0.2, 0) is 26.2 Å². The van der Waals surface area contributed by atoms with Crippen molar-refractivity contribution in [3.63, 3.8) is 0 Å². The number of likely N-dealkylation sites (N-methyl/N-ethyl adjacent to an activating group) is 1. The van der Waals surface area contributed by atoms with Gasteiger partial charge in [0.25, 0.3) is 0 Å². The second-order valence-corrected chi connectivity index (χ2v) is 8.35. The summed E-state index contributed by atoms with van der Waals surface area (Å²) < 4.78 is 31.0. The van der Waals surface area contributed by atoms with Crippen molar-refractivity contribution in [1.29, 1.82) is 0 Å². The molecule has 2 aromatic rings. The number of sulfonamides is 1. The fraction of sp³-hybridized carbons (Fsp3) is 0.278. The standard InChI is InChI=1S/C18H20ClNO4S/c1-13-8-14(2)10-15(9-13)12-24-18(21)11-20(3)25(22,23)17-6-4-16(19)5-7-17/h4-10H,11-12H2,1-3H3. The van der Waals surface area contributed by atoms with Crippen molar-refractivity contribution in [1.82, 2.24) is 4.31 Å². The van der Waals surface area contributed by atoms with Crippen molar-refractivity contribution in [2.45, 2.75) is 25.3 Å². The van der Waals surface area contributed by atoms with Crippen LogP contribution in [0.25, 0.3) is 0 Å². The number of aryl methyl sites for hydroxylation is 2. The van der Waals surface area contributed by atoms with Gasteiger partial charge in [0.2, 0.25) is 10.0 Å². The minimum absolute atomic E-state index is 0.0708. The van der Waals surface area contributed by atoms with E-state index in [1.807, 2.05) is 32.0 Å². The van der Waals surface area contributed by atoms with Crippen molar-refractivity contribution in [3.05, 3.63) is 64.2 Å². The highest BCUT2D eigenvalue weighted by Crippen LogP contribution is 2.17. The zero-order chi connectivity index (χ0) is 18.6. The molecule has 0 N–H and O–H groups in total. The van der Waals surface area contributed by atoms with Crippen LogP contribution in [0.15, 0.2) is 47.4 Å². The molecular formula is C18H20ClNO4S. The Morgan fingerprint density at radius 3 is 2.20 bits per heavy atom. The molecule has 5 nitrogen and oxygen atoms in total. The highest BCUT2D eigenvalue weighted by molar-refractivity contribution is 7.89. The first-order valence-corrected chi connectivity index (χ1v) is 9.45. The lowest BCUT2D eigenvalue weighted by atomic mass is 10.1. The van der Waals surface area contributed by atoms with E-state index in [2.05, 4.69) is 0 Å². The quantitative estimate of drug-likeness (QED) is 0.720. The van der Waals surface area contributed by atoms with E-state index in [9.17, 15) is 13.2 Å². The highest BCUT2D eigenvalue weighted by Gasteiger charge is 2.23. The van der Waals surface area contributed by atoms with E-state index in [4.69, 9.17) is 16.3 Å². The maximum atomic E-state index is 12.4. The molecule has 0 aliphatic rings. The SMILES string of the molecule is Cc1cc(C)cc(COC(=O)CN(C)S(=O)(=O)c2ccc(Cl)cc2)c1. The van der Waals surface area contributed by atoms with Crippen LogP contribution in [0.1, 0.15) is 16.7 Å². The van der Waals surface area contributed by atoms with Gasteiger partial charge in [-0.05, 0) is 43.7 Å². The number of hydrogen-bond donors (Lipinski definition) is 0. The van der Waals surface area contributed by atoms with Crippen LogP contribution < -0.4 is 0 Å². The minimum atomic E-state index is -3.77. The van der Waals surface area contributed by atoms with Gasteiger partial charge in [-0.2, -0.15) is 4.31 Å². The summed E-state index contributed by atoms with van der Waals surface area (Å²) in [7, 11) is -2.44. The number of ether oxygens (including phenoxy) is 1. The van der Waals surface area contributed by atoms with Crippen molar-refractivity contribution in [2.75, 3.05) is 13.6 Å². The lowest BCUT2D eigenvalue weighted by molar-refractivity contribution is -0.144. The van der Waals surface area contributed by atoms with Gasteiger partial charge in [0, 0.05) is 12.1 Å². The summed E-state index contributed by atoms with van der Waals surface area (Å²) in [5.74, 6) is -0.612. The maximum absolute atomic E-state index is 12.4. The third kappa shape index (κ3) is 5.29. The van der Waals surface area contributed by atoms with Gasteiger partial charge in [-0.25, -0.2) is 8.42 Å². The van der Waals surface area contributed by atoms with Crippen LogP contribution in [-0.4, -0.2) is 32.3 Å². The normalized spacial score (nSPS) is 11.6. The van der Waals surface area contributed by atoms with Gasteiger partial charge in [0.15, 0.2) is 0 Å². The van der Waals surface area contributed by atoms with Crippen molar-refractivity contribution >= 4 is 27.6 Å². The Bertz CT molecular complexity index is 843. The molecule has 0 heterocycles. The summed E-state index contributed by atoms with van der Waals surface area (Å²) in [6.45, 7) is 3.67. The van der Waals surface area contributed by atoms with Gasteiger partial charge in [-0.3, -0.25) is 4.79 Å². The van der Waals surface area contributed by atoms with Gasteiger partial charge < -0.3 is 4.74 Å². The topological polar surface area (TPSA) is 63.7 Å². The van der Waals surface area contributed by atoms with Gasteiger partial charge in [-0.1, -0.05) is 40.9 Å². The first kappa shape index (κ1) is 19.4. The Morgan fingerprint density at radius 1 is 1.08 bits per heavy atom. The molecule has 2 aromatic carbocycles. The summed E-state index contributed by atoms with van der Waals surface area (Å²) >= 11 is 5.76. The molecule has 0 saturated carbocycles. The molecule has 0 spiro atoms. The molecule has 25 heavy (non-hydrogen) atoms. The molecule has 0 aliphatic heterocycles. The molecule has 2 rings (SSSR count). The van der Waals surface area contributed by atoms with Gasteiger partial charge in [-0.15, -0.1) is 0 Å². The van der Waals surface area contributed by atoms with Crippen LogP contribution >= 0.6 is 11.6 Å². The Balaban J connectivity index is 1.98. The molecule has 0 aromatic heterocycles. The van der Waals surface area contributed by atoms with E-state index in [1.54, 1.807) is 0 Å². The Hall–Kier alpha value is -1.89. The van der Waals surface area contributed by atoms with E-state index >= 15 is 0 Å². The first-order valence-electron chi connectivity index (χ1n) is 7.63. The van der Waals surface area contributed by atoms with Crippen molar-refractivity contribution in [3.8, 4) is 0 Å². The fourth-order valence-corrected chi connectivity index (χ4v) is 3.66. The number of hydrogen-bond acceptors (Lipinski definition) is 4. The summed E-state index contributed by atoms with van der Waals surface area (Å²) in [6.07, 6.45) is 0. The molecule has 7 heteroatoms. The van der Waals surface area contributed by atoms with Crippen molar-refractivity contribution < 1.29 is 17.9 Å². The predicted octanol–water partition coefficient (Wildman–Crippen LogP) is 3.32. The number of halogens is 1. The number of nitrogens with zero attached hydrogens (tertiary/aromatic N) is 1. The number of benzene rings is 2. The number of carbonyl (C=O) groups excluding carboxylic acids is 1. The molecule has 134 valence electrons.